The van der Waals surface area contributed by atoms with Gasteiger partial charge in [-0.3, -0.25) is 4.79 Å². The van der Waals surface area contributed by atoms with Crippen LogP contribution in [0, 0.1) is 11.6 Å². The van der Waals surface area contributed by atoms with E-state index in [9.17, 15) is 13.6 Å². The van der Waals surface area contributed by atoms with Crippen LogP contribution in [-0.4, -0.2) is 24.5 Å². The first-order valence-corrected chi connectivity index (χ1v) is 5.97. The maximum absolute atomic E-state index is 13.0. The number of carbonyl (C=O) groups is 1. The third kappa shape index (κ3) is 3.10. The Kier molecular flexibility index (Phi) is 4.54. The van der Waals surface area contributed by atoms with Crippen molar-refractivity contribution in [3.8, 4) is 0 Å². The Bertz CT molecular complexity index is 375. The molecule has 16 heavy (non-hydrogen) atoms. The van der Waals surface area contributed by atoms with Crippen LogP contribution in [0.25, 0.3) is 0 Å². The zero-order valence-electron chi connectivity index (χ0n) is 8.72. The van der Waals surface area contributed by atoms with Crippen LogP contribution in [0.1, 0.15) is 10.4 Å². The first-order valence-electron chi connectivity index (χ1n) is 4.58. The molecular weight excluding hydrogens is 234 g/mol. The summed E-state index contributed by atoms with van der Waals surface area (Å²) in [5.74, 6) is -1.61. The van der Waals surface area contributed by atoms with Gasteiger partial charge < -0.3 is 11.1 Å². The highest BCUT2D eigenvalue weighted by molar-refractivity contribution is 7.98. The number of hydrogen-bond donors (Lipinski definition) is 2. The molecular formula is C10H12F2N2OS. The summed E-state index contributed by atoms with van der Waals surface area (Å²) in [6.07, 6.45) is 1.90. The van der Waals surface area contributed by atoms with Gasteiger partial charge in [-0.2, -0.15) is 11.8 Å². The molecule has 0 aliphatic rings. The second-order valence-electron chi connectivity index (χ2n) is 3.10. The molecule has 0 heterocycles. The van der Waals surface area contributed by atoms with Crippen LogP contribution < -0.4 is 11.1 Å². The standard InChI is InChI=1S/C10H12F2N2OS/c1-16-3-2-14-10(15)6-4-7(11)9(13)8(12)5-6/h4-5H,2-3,13H2,1H3,(H,14,15). The van der Waals surface area contributed by atoms with E-state index in [1.165, 1.54) is 0 Å². The summed E-state index contributed by atoms with van der Waals surface area (Å²) in [4.78, 5) is 11.4. The summed E-state index contributed by atoms with van der Waals surface area (Å²) >= 11 is 1.56. The number of nitrogens with one attached hydrogen (secondary N) is 1. The number of amides is 1. The predicted molar refractivity (Wildman–Crippen MR) is 61.5 cm³/mol. The molecule has 0 spiro atoms. The van der Waals surface area contributed by atoms with Gasteiger partial charge in [-0.25, -0.2) is 8.78 Å². The summed E-state index contributed by atoms with van der Waals surface area (Å²) in [5.41, 5.74) is 4.45. The first-order chi connectivity index (χ1) is 7.56. The lowest BCUT2D eigenvalue weighted by molar-refractivity contribution is 0.0955. The van der Waals surface area contributed by atoms with E-state index in [-0.39, 0.29) is 5.56 Å². The molecule has 0 aromatic heterocycles. The Morgan fingerprint density at radius 2 is 2.00 bits per heavy atom. The van der Waals surface area contributed by atoms with Gasteiger partial charge in [0.2, 0.25) is 0 Å². The van der Waals surface area contributed by atoms with Crippen LogP contribution >= 0.6 is 11.8 Å². The average molecular weight is 246 g/mol. The van der Waals surface area contributed by atoms with Crippen molar-refractivity contribution in [1.82, 2.24) is 5.32 Å². The van der Waals surface area contributed by atoms with Gasteiger partial charge in [0.15, 0.2) is 0 Å². The Morgan fingerprint density at radius 1 is 1.44 bits per heavy atom. The molecule has 0 aliphatic heterocycles. The van der Waals surface area contributed by atoms with Gasteiger partial charge in [0.25, 0.3) is 5.91 Å². The van der Waals surface area contributed by atoms with E-state index in [1.807, 2.05) is 6.26 Å². The number of benzene rings is 1. The number of hydrogen-bond acceptors (Lipinski definition) is 3. The van der Waals surface area contributed by atoms with Gasteiger partial charge >= 0.3 is 0 Å². The van der Waals surface area contributed by atoms with Crippen LogP contribution in [0.4, 0.5) is 14.5 Å². The smallest absolute Gasteiger partial charge is 0.251 e. The fourth-order valence-corrected chi connectivity index (χ4v) is 1.39. The summed E-state index contributed by atoms with van der Waals surface area (Å²) in [7, 11) is 0. The van der Waals surface area contributed by atoms with Crippen LogP contribution in [-0.2, 0) is 0 Å². The molecule has 0 aliphatic carbocycles. The molecule has 0 saturated heterocycles. The molecule has 6 heteroatoms. The highest BCUT2D eigenvalue weighted by atomic mass is 32.2. The minimum Gasteiger partial charge on any atom is -0.394 e. The zero-order valence-corrected chi connectivity index (χ0v) is 9.54. The minimum absolute atomic E-state index is 0.0645. The monoisotopic (exact) mass is 246 g/mol. The molecule has 0 radical (unpaired) electrons. The van der Waals surface area contributed by atoms with Crippen molar-refractivity contribution in [3.63, 3.8) is 0 Å². The fourth-order valence-electron chi connectivity index (χ4n) is 1.08. The van der Waals surface area contributed by atoms with Crippen LogP contribution in [0.5, 0.6) is 0 Å². The van der Waals surface area contributed by atoms with Crippen molar-refractivity contribution in [2.45, 2.75) is 0 Å². The first kappa shape index (κ1) is 12.8. The highest BCUT2D eigenvalue weighted by Crippen LogP contribution is 2.17. The third-order valence-corrected chi connectivity index (χ3v) is 2.55. The lowest BCUT2D eigenvalue weighted by atomic mass is 10.2. The Balaban J connectivity index is 2.76. The van der Waals surface area contributed by atoms with Crippen LogP contribution in [0.15, 0.2) is 12.1 Å². The number of rotatable bonds is 4. The average Bonchev–Trinajstić information content (AvgIpc) is 2.25. The van der Waals surface area contributed by atoms with Crippen LogP contribution in [0.3, 0.4) is 0 Å². The zero-order chi connectivity index (χ0) is 12.1. The van der Waals surface area contributed by atoms with E-state index in [2.05, 4.69) is 5.32 Å². The number of carbonyl (C=O) groups excluding carboxylic acids is 1. The predicted octanol–water partition coefficient (Wildman–Crippen LogP) is 1.64. The van der Waals surface area contributed by atoms with E-state index < -0.39 is 23.2 Å². The molecule has 3 N–H and O–H groups in total. The van der Waals surface area contributed by atoms with Crippen LogP contribution in [0.2, 0.25) is 0 Å². The van der Waals surface area contributed by atoms with E-state index in [1.54, 1.807) is 11.8 Å². The molecule has 88 valence electrons. The van der Waals surface area contributed by atoms with Crippen molar-refractivity contribution in [2.75, 3.05) is 24.3 Å². The molecule has 1 aromatic rings. The summed E-state index contributed by atoms with van der Waals surface area (Å²) < 4.78 is 26.1. The number of thioether (sulfide) groups is 1. The maximum atomic E-state index is 13.0. The summed E-state index contributed by atoms with van der Waals surface area (Å²) in [6.45, 7) is 0.452. The Hall–Kier alpha value is -1.30. The third-order valence-electron chi connectivity index (χ3n) is 1.93. The number of anilines is 1. The SMILES string of the molecule is CSCCNC(=O)c1cc(F)c(N)c(F)c1. The van der Waals surface area contributed by atoms with Crippen molar-refractivity contribution >= 4 is 23.4 Å². The van der Waals surface area contributed by atoms with Crippen molar-refractivity contribution < 1.29 is 13.6 Å². The molecule has 0 bridgehead atoms. The molecule has 0 fully saturated rings. The number of nitrogen functional groups attached to an aromatic ring is 1. The fraction of sp³-hybridized carbons (Fsp3) is 0.300. The second kappa shape index (κ2) is 5.69. The normalized spacial score (nSPS) is 10.2. The van der Waals surface area contributed by atoms with E-state index in [0.717, 1.165) is 17.9 Å². The number of nitrogens with two attached hydrogens (primary N) is 1. The van der Waals surface area contributed by atoms with Gasteiger partial charge in [-0.05, 0) is 18.4 Å². The molecule has 1 rings (SSSR count). The Morgan fingerprint density at radius 3 is 2.50 bits per heavy atom. The van der Waals surface area contributed by atoms with Gasteiger partial charge in [0.1, 0.15) is 17.3 Å². The molecule has 0 saturated carbocycles. The quantitative estimate of drug-likeness (QED) is 0.627. The highest BCUT2D eigenvalue weighted by Gasteiger charge is 2.12. The molecule has 1 amide bonds. The van der Waals surface area contributed by atoms with Gasteiger partial charge in [0.05, 0.1) is 0 Å². The summed E-state index contributed by atoms with van der Waals surface area (Å²) in [5, 5.41) is 2.54. The maximum Gasteiger partial charge on any atom is 0.251 e. The lowest BCUT2D eigenvalue weighted by Crippen LogP contribution is -2.26. The summed E-state index contributed by atoms with van der Waals surface area (Å²) in [6, 6.07) is 1.85. The Labute approximate surface area is 96.4 Å². The molecule has 1 aromatic carbocycles. The number of halogens is 2. The van der Waals surface area contributed by atoms with Gasteiger partial charge in [-0.1, -0.05) is 0 Å². The van der Waals surface area contributed by atoms with Gasteiger partial charge in [-0.15, -0.1) is 0 Å². The van der Waals surface area contributed by atoms with Gasteiger partial charge in [0, 0.05) is 17.9 Å². The van der Waals surface area contributed by atoms with E-state index in [4.69, 9.17) is 5.73 Å². The second-order valence-corrected chi connectivity index (χ2v) is 4.09. The van der Waals surface area contributed by atoms with Crippen molar-refractivity contribution in [2.24, 2.45) is 0 Å². The van der Waals surface area contributed by atoms with Crippen molar-refractivity contribution in [1.29, 1.82) is 0 Å². The van der Waals surface area contributed by atoms with E-state index in [0.29, 0.717) is 6.54 Å². The molecule has 0 unspecified atom stereocenters. The van der Waals surface area contributed by atoms with E-state index >= 15 is 0 Å². The van der Waals surface area contributed by atoms with Crippen molar-refractivity contribution in [3.05, 3.63) is 29.3 Å². The largest absolute Gasteiger partial charge is 0.394 e. The molecule has 0 atom stereocenters. The lowest BCUT2D eigenvalue weighted by Gasteiger charge is -2.06. The molecule has 3 nitrogen and oxygen atoms in total. The minimum atomic E-state index is -0.921. The topological polar surface area (TPSA) is 55.1 Å².